The predicted molar refractivity (Wildman–Crippen MR) is 63.7 cm³/mol. The molecule has 0 amide bonds. The number of nitrogens with one attached hydrogen (secondary N) is 1. The van der Waals surface area contributed by atoms with Gasteiger partial charge < -0.3 is 10.2 Å². The van der Waals surface area contributed by atoms with Gasteiger partial charge in [0.25, 0.3) is 0 Å². The number of pyridine rings is 1. The number of hydrogen-bond donors (Lipinski definition) is 2. The first-order valence-electron chi connectivity index (χ1n) is 4.90. The fraction of sp³-hybridized carbons (Fsp3) is 0.444. The van der Waals surface area contributed by atoms with E-state index in [4.69, 9.17) is 10.6 Å². The van der Waals surface area contributed by atoms with Crippen LogP contribution in [0.2, 0.25) is 0 Å². The monoisotopic (exact) mass is 260 g/mol. The summed E-state index contributed by atoms with van der Waals surface area (Å²) >= 11 is 0. The Balaban J connectivity index is 2.88. The van der Waals surface area contributed by atoms with Crippen molar-refractivity contribution in [3.05, 3.63) is 18.3 Å². The van der Waals surface area contributed by atoms with Crippen LogP contribution in [0.1, 0.15) is 0 Å². The minimum Gasteiger partial charge on any atom is -0.383 e. The summed E-state index contributed by atoms with van der Waals surface area (Å²) in [7, 11) is -0.507. The van der Waals surface area contributed by atoms with Crippen molar-refractivity contribution < 1.29 is 13.2 Å². The first-order chi connectivity index (χ1) is 8.02. The molecule has 17 heavy (non-hydrogen) atoms. The molecule has 1 aromatic rings. The summed E-state index contributed by atoms with van der Waals surface area (Å²) in [5.41, 5.74) is 2.33. The highest BCUT2D eigenvalue weighted by atomic mass is 32.2. The first-order valence-corrected chi connectivity index (χ1v) is 6.34. The third-order valence-corrected chi connectivity index (χ3v) is 4.04. The molecular formula is C9H16N4O3S. The molecule has 0 fully saturated rings. The van der Waals surface area contributed by atoms with Crippen molar-refractivity contribution in [2.75, 3.05) is 32.7 Å². The number of ether oxygens (including phenoxy) is 1. The van der Waals surface area contributed by atoms with Crippen molar-refractivity contribution >= 4 is 15.8 Å². The minimum atomic E-state index is -3.51. The maximum Gasteiger partial charge on any atom is 0.244 e. The van der Waals surface area contributed by atoms with Crippen molar-refractivity contribution in [1.29, 1.82) is 0 Å². The van der Waals surface area contributed by atoms with Gasteiger partial charge in [0.1, 0.15) is 10.7 Å². The number of aromatic nitrogens is 1. The van der Waals surface area contributed by atoms with Crippen LogP contribution >= 0.6 is 0 Å². The number of anilines is 1. The summed E-state index contributed by atoms with van der Waals surface area (Å²) in [6.45, 7) is 0.626. The standard InChI is InChI=1S/C9H16N4O3S/c1-13(5-6-16-2)17(14,15)8-3-4-9(12-10)11-7-8/h3-4,7H,5-6,10H2,1-2H3,(H,11,12). The van der Waals surface area contributed by atoms with Gasteiger partial charge in [0, 0.05) is 26.9 Å². The van der Waals surface area contributed by atoms with Crippen LogP contribution in [-0.4, -0.2) is 45.0 Å². The third kappa shape index (κ3) is 3.37. The molecule has 0 spiro atoms. The molecule has 0 radical (unpaired) electrons. The van der Waals surface area contributed by atoms with E-state index in [1.165, 1.54) is 36.8 Å². The van der Waals surface area contributed by atoms with E-state index in [9.17, 15) is 8.42 Å². The van der Waals surface area contributed by atoms with E-state index in [0.717, 1.165) is 0 Å². The summed E-state index contributed by atoms with van der Waals surface area (Å²) < 4.78 is 30.1. The van der Waals surface area contributed by atoms with Crippen LogP contribution in [0.25, 0.3) is 0 Å². The SMILES string of the molecule is COCCN(C)S(=O)(=O)c1ccc(NN)nc1. The molecule has 0 saturated heterocycles. The van der Waals surface area contributed by atoms with Gasteiger partial charge in [-0.05, 0) is 12.1 Å². The van der Waals surface area contributed by atoms with E-state index in [2.05, 4.69) is 10.4 Å². The lowest BCUT2D eigenvalue weighted by atomic mass is 10.5. The van der Waals surface area contributed by atoms with Crippen LogP contribution in [0, 0.1) is 0 Å². The van der Waals surface area contributed by atoms with Crippen LogP contribution in [0.15, 0.2) is 23.2 Å². The second-order valence-electron chi connectivity index (χ2n) is 3.34. The van der Waals surface area contributed by atoms with E-state index >= 15 is 0 Å². The molecule has 1 rings (SSSR count). The molecule has 0 aliphatic rings. The van der Waals surface area contributed by atoms with Crippen molar-refractivity contribution in [2.24, 2.45) is 5.84 Å². The maximum atomic E-state index is 12.0. The average molecular weight is 260 g/mol. The number of hydrogen-bond acceptors (Lipinski definition) is 6. The second kappa shape index (κ2) is 5.92. The van der Waals surface area contributed by atoms with Gasteiger partial charge in [-0.2, -0.15) is 4.31 Å². The average Bonchev–Trinajstić information content (AvgIpc) is 2.35. The molecule has 0 unspecified atom stereocenters. The molecule has 1 aromatic heterocycles. The molecule has 96 valence electrons. The highest BCUT2D eigenvalue weighted by Crippen LogP contribution is 2.14. The second-order valence-corrected chi connectivity index (χ2v) is 5.39. The van der Waals surface area contributed by atoms with Crippen LogP contribution in [0.5, 0.6) is 0 Å². The van der Waals surface area contributed by atoms with Gasteiger partial charge in [-0.25, -0.2) is 19.2 Å². The van der Waals surface area contributed by atoms with Gasteiger partial charge in [-0.3, -0.25) is 0 Å². The fourth-order valence-corrected chi connectivity index (χ4v) is 2.24. The topological polar surface area (TPSA) is 97.5 Å². The third-order valence-electron chi connectivity index (χ3n) is 2.20. The Hall–Kier alpha value is -1.22. The zero-order valence-corrected chi connectivity index (χ0v) is 10.6. The van der Waals surface area contributed by atoms with Crippen LogP contribution in [-0.2, 0) is 14.8 Å². The molecule has 1 heterocycles. The molecule has 0 aromatic carbocycles. The summed E-state index contributed by atoms with van der Waals surface area (Å²) in [6.07, 6.45) is 1.26. The van der Waals surface area contributed by atoms with E-state index < -0.39 is 10.0 Å². The Morgan fingerprint density at radius 2 is 2.24 bits per heavy atom. The number of likely N-dealkylation sites (N-methyl/N-ethyl adjacent to an activating group) is 1. The maximum absolute atomic E-state index is 12.0. The zero-order valence-electron chi connectivity index (χ0n) is 9.75. The normalized spacial score (nSPS) is 11.8. The lowest BCUT2D eigenvalue weighted by molar-refractivity contribution is 0.185. The van der Waals surface area contributed by atoms with Crippen molar-refractivity contribution in [2.45, 2.75) is 4.90 Å². The number of sulfonamides is 1. The molecule has 0 aliphatic heterocycles. The first kappa shape index (κ1) is 13.8. The lowest BCUT2D eigenvalue weighted by Crippen LogP contribution is -2.30. The van der Waals surface area contributed by atoms with Gasteiger partial charge in [0.15, 0.2) is 0 Å². The smallest absolute Gasteiger partial charge is 0.244 e. The molecular weight excluding hydrogens is 244 g/mol. The Morgan fingerprint density at radius 3 is 2.71 bits per heavy atom. The van der Waals surface area contributed by atoms with E-state index in [0.29, 0.717) is 12.4 Å². The van der Waals surface area contributed by atoms with E-state index in [-0.39, 0.29) is 11.4 Å². The largest absolute Gasteiger partial charge is 0.383 e. The highest BCUT2D eigenvalue weighted by Gasteiger charge is 2.20. The Kier molecular flexibility index (Phi) is 4.82. The summed E-state index contributed by atoms with van der Waals surface area (Å²) in [4.78, 5) is 3.97. The summed E-state index contributed by atoms with van der Waals surface area (Å²) in [5, 5.41) is 0. The van der Waals surface area contributed by atoms with Gasteiger partial charge in [-0.15, -0.1) is 0 Å². The predicted octanol–water partition coefficient (Wildman–Crippen LogP) is -0.366. The van der Waals surface area contributed by atoms with E-state index in [1.54, 1.807) is 0 Å². The molecule has 0 saturated carbocycles. The van der Waals surface area contributed by atoms with Crippen LogP contribution < -0.4 is 11.3 Å². The number of methoxy groups -OCH3 is 1. The van der Waals surface area contributed by atoms with Crippen molar-refractivity contribution in [3.63, 3.8) is 0 Å². The number of hydrazine groups is 1. The van der Waals surface area contributed by atoms with Crippen LogP contribution in [0.4, 0.5) is 5.82 Å². The molecule has 0 aliphatic carbocycles. The highest BCUT2D eigenvalue weighted by molar-refractivity contribution is 7.89. The number of rotatable bonds is 6. The number of nitrogens with zero attached hydrogens (tertiary/aromatic N) is 2. The Bertz CT molecular complexity index is 446. The summed E-state index contributed by atoms with van der Waals surface area (Å²) in [5.74, 6) is 5.55. The number of nitrogens with two attached hydrogens (primary N) is 1. The number of nitrogen functional groups attached to an aromatic ring is 1. The Labute approximate surface area is 101 Å². The van der Waals surface area contributed by atoms with Crippen molar-refractivity contribution in [3.8, 4) is 0 Å². The van der Waals surface area contributed by atoms with Crippen molar-refractivity contribution in [1.82, 2.24) is 9.29 Å². The molecule has 8 heteroatoms. The van der Waals surface area contributed by atoms with Gasteiger partial charge >= 0.3 is 0 Å². The summed E-state index contributed by atoms with van der Waals surface area (Å²) in [6, 6.07) is 2.94. The van der Waals surface area contributed by atoms with E-state index in [1.807, 2.05) is 0 Å². The van der Waals surface area contributed by atoms with Gasteiger partial charge in [0.05, 0.1) is 6.61 Å². The Morgan fingerprint density at radius 1 is 1.53 bits per heavy atom. The fourth-order valence-electron chi connectivity index (χ4n) is 1.14. The lowest BCUT2D eigenvalue weighted by Gasteiger charge is -2.16. The molecule has 0 atom stereocenters. The minimum absolute atomic E-state index is 0.120. The van der Waals surface area contributed by atoms with Gasteiger partial charge in [0.2, 0.25) is 10.0 Å². The molecule has 0 bridgehead atoms. The van der Waals surface area contributed by atoms with Gasteiger partial charge in [-0.1, -0.05) is 0 Å². The quantitative estimate of drug-likeness (QED) is 0.535. The molecule has 3 N–H and O–H groups in total. The molecule has 7 nitrogen and oxygen atoms in total. The zero-order chi connectivity index (χ0) is 12.9. The van der Waals surface area contributed by atoms with Crippen LogP contribution in [0.3, 0.4) is 0 Å².